The number of nitrogens with one attached hydrogen (secondary N) is 1. The third-order valence-electron chi connectivity index (χ3n) is 5.34. The van der Waals surface area contributed by atoms with E-state index in [1.165, 1.54) is 60.0 Å². The molecule has 9 heteroatoms. The first-order valence-electron chi connectivity index (χ1n) is 11.0. The molecule has 0 atom stereocenters. The number of carbonyl (C=O) groups excluding carboxylic acids is 1. The molecule has 0 heterocycles. The maximum absolute atomic E-state index is 14.8. The van der Waals surface area contributed by atoms with E-state index in [1.807, 2.05) is 0 Å². The van der Waals surface area contributed by atoms with Crippen molar-refractivity contribution in [3.05, 3.63) is 82.3 Å². The Kier molecular flexibility index (Phi) is 9.40. The molecule has 0 aromatic heterocycles. The van der Waals surface area contributed by atoms with Crippen molar-refractivity contribution in [3.63, 3.8) is 0 Å². The first-order valence-corrected chi connectivity index (χ1v) is 11.4. The zero-order valence-electron chi connectivity index (χ0n) is 21.1. The highest BCUT2D eigenvalue weighted by atomic mass is 35.5. The summed E-state index contributed by atoms with van der Waals surface area (Å²) in [5, 5.41) is 3.24. The Morgan fingerprint density at radius 3 is 1.92 bits per heavy atom. The van der Waals surface area contributed by atoms with Gasteiger partial charge in [-0.05, 0) is 53.6 Å². The molecular formula is C28H27ClFNO6. The van der Waals surface area contributed by atoms with Gasteiger partial charge < -0.3 is 29.0 Å². The van der Waals surface area contributed by atoms with E-state index in [9.17, 15) is 9.18 Å². The second-order valence-corrected chi connectivity index (χ2v) is 7.97. The molecule has 3 aromatic carbocycles. The number of ketones is 1. The monoisotopic (exact) mass is 527 g/mol. The van der Waals surface area contributed by atoms with Crippen molar-refractivity contribution in [2.75, 3.05) is 40.9 Å². The van der Waals surface area contributed by atoms with Crippen LogP contribution in [0.2, 0.25) is 5.02 Å². The van der Waals surface area contributed by atoms with E-state index in [1.54, 1.807) is 42.5 Å². The van der Waals surface area contributed by atoms with Gasteiger partial charge in [0.25, 0.3) is 0 Å². The molecule has 0 saturated carbocycles. The molecule has 3 rings (SSSR count). The fourth-order valence-electron chi connectivity index (χ4n) is 3.54. The topological polar surface area (TPSA) is 75.3 Å². The average Bonchev–Trinajstić information content (AvgIpc) is 2.90. The molecule has 0 bridgehead atoms. The Bertz CT molecular complexity index is 1310. The van der Waals surface area contributed by atoms with Crippen molar-refractivity contribution < 1.29 is 32.9 Å². The molecule has 194 valence electrons. The van der Waals surface area contributed by atoms with Gasteiger partial charge in [0.2, 0.25) is 5.75 Å². The number of benzene rings is 3. The van der Waals surface area contributed by atoms with Crippen molar-refractivity contribution in [1.29, 1.82) is 0 Å². The lowest BCUT2D eigenvalue weighted by atomic mass is 10.1. The van der Waals surface area contributed by atoms with Gasteiger partial charge in [-0.25, -0.2) is 4.39 Å². The predicted octanol–water partition coefficient (Wildman–Crippen LogP) is 6.50. The van der Waals surface area contributed by atoms with Crippen LogP contribution in [0.1, 0.15) is 21.5 Å². The molecule has 7 nitrogen and oxygen atoms in total. The zero-order valence-corrected chi connectivity index (χ0v) is 21.8. The SMILES string of the molecule is COc1ccc(C(=O)C=CNc2cc(C=Cc3cc(OC)c(OC)c(OC)c3)cc(F)c2OC)cc1Cl. The number of rotatable bonds is 11. The largest absolute Gasteiger partial charge is 0.495 e. The maximum atomic E-state index is 14.8. The van der Waals surface area contributed by atoms with E-state index >= 15 is 0 Å². The highest BCUT2D eigenvalue weighted by molar-refractivity contribution is 6.32. The smallest absolute Gasteiger partial charge is 0.203 e. The maximum Gasteiger partial charge on any atom is 0.203 e. The van der Waals surface area contributed by atoms with E-state index < -0.39 is 5.82 Å². The highest BCUT2D eigenvalue weighted by Gasteiger charge is 2.13. The van der Waals surface area contributed by atoms with Gasteiger partial charge >= 0.3 is 0 Å². The van der Waals surface area contributed by atoms with Gasteiger partial charge in [0, 0.05) is 17.8 Å². The summed E-state index contributed by atoms with van der Waals surface area (Å²) in [5.74, 6) is 1.08. The summed E-state index contributed by atoms with van der Waals surface area (Å²) in [5.41, 5.74) is 2.02. The van der Waals surface area contributed by atoms with Gasteiger partial charge in [0.15, 0.2) is 28.8 Å². The van der Waals surface area contributed by atoms with Crippen LogP contribution in [0.15, 0.2) is 54.7 Å². The fourth-order valence-corrected chi connectivity index (χ4v) is 3.80. The molecule has 0 amide bonds. The number of ether oxygens (including phenoxy) is 5. The van der Waals surface area contributed by atoms with Crippen LogP contribution < -0.4 is 29.0 Å². The van der Waals surface area contributed by atoms with Crippen LogP contribution >= 0.6 is 11.6 Å². The molecule has 0 spiro atoms. The Balaban J connectivity index is 1.84. The van der Waals surface area contributed by atoms with Gasteiger partial charge in [0.05, 0.1) is 46.3 Å². The van der Waals surface area contributed by atoms with Crippen molar-refractivity contribution >= 4 is 35.2 Å². The number of hydrogen-bond acceptors (Lipinski definition) is 7. The second kappa shape index (κ2) is 12.7. The molecule has 37 heavy (non-hydrogen) atoms. The summed E-state index contributed by atoms with van der Waals surface area (Å²) in [6, 6.07) is 11.3. The highest BCUT2D eigenvalue weighted by Crippen LogP contribution is 2.39. The first-order chi connectivity index (χ1) is 17.8. The Morgan fingerprint density at radius 2 is 1.38 bits per heavy atom. The van der Waals surface area contributed by atoms with Crippen molar-refractivity contribution in [1.82, 2.24) is 0 Å². The fraction of sp³-hybridized carbons (Fsp3) is 0.179. The van der Waals surface area contributed by atoms with Crippen LogP contribution in [0.25, 0.3) is 12.2 Å². The standard InChI is InChI=1S/C28H27ClFNO6/c1-33-24-9-8-19(16-20(24)29)23(32)10-11-31-22-13-17(12-21(30)27(22)36-4)6-7-18-14-25(34-2)28(37-5)26(15-18)35-3/h6-16,31H,1-5H3. The molecule has 0 unspecified atom stereocenters. The van der Waals surface area contributed by atoms with Gasteiger partial charge in [0.1, 0.15) is 5.75 Å². The lowest BCUT2D eigenvalue weighted by molar-refractivity contribution is 0.104. The number of anilines is 1. The van der Waals surface area contributed by atoms with Crippen LogP contribution in [0.3, 0.4) is 0 Å². The molecule has 0 aliphatic heterocycles. The minimum absolute atomic E-state index is 0.00882. The normalized spacial score (nSPS) is 11.0. The molecular weight excluding hydrogens is 501 g/mol. The minimum Gasteiger partial charge on any atom is -0.495 e. The van der Waals surface area contributed by atoms with Gasteiger partial charge in [-0.2, -0.15) is 0 Å². The summed E-state index contributed by atoms with van der Waals surface area (Å²) in [6.45, 7) is 0. The third-order valence-corrected chi connectivity index (χ3v) is 5.63. The van der Waals surface area contributed by atoms with Gasteiger partial charge in [-0.15, -0.1) is 0 Å². The van der Waals surface area contributed by atoms with Crippen molar-refractivity contribution in [2.45, 2.75) is 0 Å². The van der Waals surface area contributed by atoms with Crippen LogP contribution in [-0.4, -0.2) is 41.3 Å². The summed E-state index contributed by atoms with van der Waals surface area (Å²) >= 11 is 6.10. The Morgan fingerprint density at radius 1 is 0.784 bits per heavy atom. The van der Waals surface area contributed by atoms with E-state index in [4.69, 9.17) is 35.3 Å². The van der Waals surface area contributed by atoms with Crippen LogP contribution in [0.5, 0.6) is 28.7 Å². The van der Waals surface area contributed by atoms with Gasteiger partial charge in [-0.3, -0.25) is 4.79 Å². The van der Waals surface area contributed by atoms with E-state index in [2.05, 4.69) is 5.32 Å². The van der Waals surface area contributed by atoms with Crippen LogP contribution in [-0.2, 0) is 0 Å². The Hall–Kier alpha value is -4.17. The minimum atomic E-state index is -0.571. The summed E-state index contributed by atoms with van der Waals surface area (Å²) in [4.78, 5) is 12.5. The number of methoxy groups -OCH3 is 5. The van der Waals surface area contributed by atoms with E-state index in [-0.39, 0.29) is 11.5 Å². The molecule has 0 radical (unpaired) electrons. The lowest BCUT2D eigenvalue weighted by Gasteiger charge is -2.13. The zero-order chi connectivity index (χ0) is 26.9. The molecule has 3 aromatic rings. The van der Waals surface area contributed by atoms with E-state index in [0.717, 1.165) is 5.56 Å². The number of hydrogen-bond donors (Lipinski definition) is 1. The van der Waals surface area contributed by atoms with E-state index in [0.29, 0.717) is 44.8 Å². The molecule has 0 aliphatic rings. The number of carbonyl (C=O) groups is 1. The van der Waals surface area contributed by atoms with Crippen LogP contribution in [0, 0.1) is 5.82 Å². The second-order valence-electron chi connectivity index (χ2n) is 7.57. The molecule has 0 fully saturated rings. The quantitative estimate of drug-likeness (QED) is 0.173. The number of halogens is 2. The molecule has 0 saturated heterocycles. The summed E-state index contributed by atoms with van der Waals surface area (Å²) in [6.07, 6.45) is 6.23. The third kappa shape index (κ3) is 6.54. The van der Waals surface area contributed by atoms with Crippen molar-refractivity contribution in [3.8, 4) is 28.7 Å². The summed E-state index contributed by atoms with van der Waals surface area (Å²) in [7, 11) is 7.45. The lowest BCUT2D eigenvalue weighted by Crippen LogP contribution is -2.00. The first kappa shape index (κ1) is 27.4. The average molecular weight is 528 g/mol. The molecule has 0 aliphatic carbocycles. The van der Waals surface area contributed by atoms with Crippen molar-refractivity contribution in [2.24, 2.45) is 0 Å². The van der Waals surface area contributed by atoms with Crippen LogP contribution in [0.4, 0.5) is 10.1 Å². The molecule has 1 N–H and O–H groups in total. The predicted molar refractivity (Wildman–Crippen MR) is 143 cm³/mol. The Labute approximate surface area is 220 Å². The summed E-state index contributed by atoms with van der Waals surface area (Å²) < 4.78 is 41.2. The number of allylic oxidation sites excluding steroid dienone is 1. The van der Waals surface area contributed by atoms with Gasteiger partial charge in [-0.1, -0.05) is 23.8 Å².